The Balaban J connectivity index is 2.09. The van der Waals surface area contributed by atoms with Gasteiger partial charge in [0.25, 0.3) is 0 Å². The molecule has 1 heterocycles. The van der Waals surface area contributed by atoms with E-state index in [0.717, 1.165) is 0 Å². The Bertz CT molecular complexity index is 574. The van der Waals surface area contributed by atoms with Crippen LogP contribution >= 0.6 is 0 Å². The number of rotatable bonds is 4. The second-order valence-electron chi connectivity index (χ2n) is 3.97. The third-order valence-corrected chi connectivity index (χ3v) is 2.63. The van der Waals surface area contributed by atoms with Crippen LogP contribution in [0.3, 0.4) is 0 Å². The van der Waals surface area contributed by atoms with Crippen LogP contribution in [0.1, 0.15) is 30.3 Å². The molecular weight excluding hydrogens is 244 g/mol. The quantitative estimate of drug-likeness (QED) is 0.836. The van der Waals surface area contributed by atoms with Gasteiger partial charge >= 0.3 is 0 Å². The Labute approximate surface area is 109 Å². The van der Waals surface area contributed by atoms with E-state index in [1.54, 1.807) is 31.2 Å². The monoisotopic (exact) mass is 256 g/mol. The van der Waals surface area contributed by atoms with E-state index in [4.69, 9.17) is 5.26 Å². The minimum absolute atomic E-state index is 0.373. The van der Waals surface area contributed by atoms with Crippen molar-refractivity contribution in [3.8, 4) is 6.07 Å². The van der Waals surface area contributed by atoms with Gasteiger partial charge in [-0.1, -0.05) is 35.5 Å². The molecule has 0 aliphatic rings. The molecule has 7 nitrogen and oxygen atoms in total. The van der Waals surface area contributed by atoms with Crippen LogP contribution in [0.4, 0.5) is 0 Å². The number of aromatic amines is 1. The average Bonchev–Trinajstić information content (AvgIpc) is 2.94. The molecule has 0 spiro atoms. The molecule has 2 N–H and O–H groups in total. The number of carbonyl (C=O) groups is 1. The van der Waals surface area contributed by atoms with E-state index in [-0.39, 0.29) is 5.91 Å². The van der Waals surface area contributed by atoms with Crippen molar-refractivity contribution in [1.82, 2.24) is 25.9 Å². The number of benzene rings is 1. The third-order valence-electron chi connectivity index (χ3n) is 2.63. The Hall–Kier alpha value is -2.75. The van der Waals surface area contributed by atoms with Crippen LogP contribution in [0.25, 0.3) is 0 Å². The van der Waals surface area contributed by atoms with Crippen LogP contribution in [-0.4, -0.2) is 26.5 Å². The number of hydrogen-bond donors (Lipinski definition) is 2. The minimum Gasteiger partial charge on any atom is -0.345 e. The van der Waals surface area contributed by atoms with Crippen molar-refractivity contribution in [2.75, 3.05) is 0 Å². The maximum atomic E-state index is 12.1. The molecule has 7 heteroatoms. The van der Waals surface area contributed by atoms with Gasteiger partial charge in [-0.05, 0) is 12.5 Å². The largest absolute Gasteiger partial charge is 0.345 e. The topological polar surface area (TPSA) is 107 Å². The summed E-state index contributed by atoms with van der Waals surface area (Å²) in [6.07, 6.45) is 0. The highest BCUT2D eigenvalue weighted by molar-refractivity contribution is 5.86. The minimum atomic E-state index is -0.851. The molecule has 0 saturated heterocycles. The summed E-state index contributed by atoms with van der Waals surface area (Å²) >= 11 is 0. The van der Waals surface area contributed by atoms with Gasteiger partial charge in [0.15, 0.2) is 5.82 Å². The van der Waals surface area contributed by atoms with Crippen LogP contribution in [0, 0.1) is 11.3 Å². The van der Waals surface area contributed by atoms with E-state index in [9.17, 15) is 4.79 Å². The number of nitrogens with one attached hydrogen (secondary N) is 2. The Morgan fingerprint density at radius 1 is 1.42 bits per heavy atom. The van der Waals surface area contributed by atoms with Crippen molar-refractivity contribution in [2.24, 2.45) is 0 Å². The third kappa shape index (κ3) is 2.93. The molecule has 2 aromatic rings. The van der Waals surface area contributed by atoms with E-state index >= 15 is 0 Å². The molecule has 2 rings (SSSR count). The summed E-state index contributed by atoms with van der Waals surface area (Å²) in [6, 6.07) is 10.5. The summed E-state index contributed by atoms with van der Waals surface area (Å²) in [5.41, 5.74) is 0.655. The van der Waals surface area contributed by atoms with Crippen LogP contribution in [-0.2, 0) is 4.79 Å². The number of amides is 1. The number of nitrogens with zero attached hydrogens (tertiary/aromatic N) is 4. The average molecular weight is 256 g/mol. The van der Waals surface area contributed by atoms with Crippen LogP contribution in [0.5, 0.6) is 0 Å². The molecule has 0 aliphatic heterocycles. The first-order valence-corrected chi connectivity index (χ1v) is 5.70. The SMILES string of the molecule is CC(NC(=O)C(C#N)c1ccccc1)c1nn[nH]n1. The van der Waals surface area contributed by atoms with E-state index in [0.29, 0.717) is 11.4 Å². The summed E-state index contributed by atoms with van der Waals surface area (Å²) in [7, 11) is 0. The molecule has 0 fully saturated rings. The van der Waals surface area contributed by atoms with E-state index in [2.05, 4.69) is 25.9 Å². The maximum Gasteiger partial charge on any atom is 0.242 e. The van der Waals surface area contributed by atoms with Gasteiger partial charge in [0.2, 0.25) is 5.91 Å². The smallest absolute Gasteiger partial charge is 0.242 e. The van der Waals surface area contributed by atoms with Gasteiger partial charge in [-0.3, -0.25) is 4.79 Å². The zero-order valence-corrected chi connectivity index (χ0v) is 10.2. The number of H-pyrrole nitrogens is 1. The van der Waals surface area contributed by atoms with Gasteiger partial charge in [0.1, 0.15) is 5.92 Å². The van der Waals surface area contributed by atoms with Crippen molar-refractivity contribution in [1.29, 1.82) is 5.26 Å². The Kier molecular flexibility index (Phi) is 3.83. The number of nitriles is 1. The van der Waals surface area contributed by atoms with Crippen LogP contribution in [0.15, 0.2) is 30.3 Å². The summed E-state index contributed by atoms with van der Waals surface area (Å²) in [5, 5.41) is 25.1. The first-order chi connectivity index (χ1) is 9.22. The molecule has 2 atom stereocenters. The van der Waals surface area contributed by atoms with Gasteiger partial charge in [-0.25, -0.2) is 0 Å². The fraction of sp³-hybridized carbons (Fsp3) is 0.250. The van der Waals surface area contributed by atoms with Gasteiger partial charge in [0, 0.05) is 0 Å². The Morgan fingerprint density at radius 3 is 2.74 bits per heavy atom. The van der Waals surface area contributed by atoms with Crippen molar-refractivity contribution in [2.45, 2.75) is 18.9 Å². The number of hydrogen-bond acceptors (Lipinski definition) is 5. The highest BCUT2D eigenvalue weighted by Crippen LogP contribution is 2.16. The van der Waals surface area contributed by atoms with Crippen LogP contribution < -0.4 is 5.32 Å². The fourth-order valence-corrected chi connectivity index (χ4v) is 1.64. The second kappa shape index (κ2) is 5.73. The molecule has 19 heavy (non-hydrogen) atoms. The van der Waals surface area contributed by atoms with E-state index in [1.807, 2.05) is 12.1 Å². The van der Waals surface area contributed by atoms with Crippen molar-refractivity contribution >= 4 is 5.91 Å². The van der Waals surface area contributed by atoms with Gasteiger partial charge in [-0.2, -0.15) is 10.5 Å². The lowest BCUT2D eigenvalue weighted by atomic mass is 9.99. The first kappa shape index (κ1) is 12.7. The lowest BCUT2D eigenvalue weighted by molar-refractivity contribution is -0.122. The molecule has 0 saturated carbocycles. The zero-order valence-electron chi connectivity index (χ0n) is 10.2. The fourth-order valence-electron chi connectivity index (χ4n) is 1.64. The summed E-state index contributed by atoms with van der Waals surface area (Å²) in [6.45, 7) is 1.72. The van der Waals surface area contributed by atoms with Gasteiger partial charge < -0.3 is 5.32 Å². The number of tetrazole rings is 1. The number of aromatic nitrogens is 4. The van der Waals surface area contributed by atoms with Gasteiger partial charge in [-0.15, -0.1) is 10.2 Å². The molecular formula is C12H12N6O. The molecule has 1 aromatic carbocycles. The molecule has 0 aliphatic carbocycles. The molecule has 0 radical (unpaired) electrons. The second-order valence-corrected chi connectivity index (χ2v) is 3.97. The van der Waals surface area contributed by atoms with E-state index < -0.39 is 12.0 Å². The maximum absolute atomic E-state index is 12.1. The summed E-state index contributed by atoms with van der Waals surface area (Å²) < 4.78 is 0. The highest BCUT2D eigenvalue weighted by atomic mass is 16.1. The summed E-state index contributed by atoms with van der Waals surface area (Å²) in [4.78, 5) is 12.1. The summed E-state index contributed by atoms with van der Waals surface area (Å²) in [5.74, 6) is -0.861. The lowest BCUT2D eigenvalue weighted by Crippen LogP contribution is -2.31. The van der Waals surface area contributed by atoms with Gasteiger partial charge in [0.05, 0.1) is 12.1 Å². The van der Waals surface area contributed by atoms with E-state index in [1.165, 1.54) is 0 Å². The molecule has 1 amide bonds. The molecule has 2 unspecified atom stereocenters. The highest BCUT2D eigenvalue weighted by Gasteiger charge is 2.23. The first-order valence-electron chi connectivity index (χ1n) is 5.70. The molecule has 96 valence electrons. The van der Waals surface area contributed by atoms with Crippen molar-refractivity contribution < 1.29 is 4.79 Å². The normalized spacial score (nSPS) is 13.3. The predicted molar refractivity (Wildman–Crippen MR) is 65.5 cm³/mol. The van der Waals surface area contributed by atoms with Crippen molar-refractivity contribution in [3.05, 3.63) is 41.7 Å². The zero-order chi connectivity index (χ0) is 13.7. The Morgan fingerprint density at radius 2 is 2.16 bits per heavy atom. The number of carbonyl (C=O) groups excluding carboxylic acids is 1. The lowest BCUT2D eigenvalue weighted by Gasteiger charge is -2.13. The predicted octanol–water partition coefficient (Wildman–Crippen LogP) is 0.684. The molecule has 0 bridgehead atoms. The van der Waals surface area contributed by atoms with Crippen molar-refractivity contribution in [3.63, 3.8) is 0 Å². The van der Waals surface area contributed by atoms with Crippen LogP contribution in [0.2, 0.25) is 0 Å². The molecule has 1 aromatic heterocycles. The standard InChI is InChI=1S/C12H12N6O/c1-8(11-15-17-18-16-11)14-12(19)10(7-13)9-5-3-2-4-6-9/h2-6,8,10H,1H3,(H,14,19)(H,15,16,17,18).